The van der Waals surface area contributed by atoms with Crippen LogP contribution in [0.2, 0.25) is 0 Å². The molecule has 0 aromatic carbocycles. The Morgan fingerprint density at radius 3 is 2.67 bits per heavy atom. The van der Waals surface area contributed by atoms with Crippen molar-refractivity contribution in [3.05, 3.63) is 22.3 Å². The Balaban J connectivity index is 2.23. The molecular weight excluding hydrogens is 162 g/mol. The number of ether oxygens (including phenoxy) is 1. The van der Waals surface area contributed by atoms with Crippen LogP contribution < -0.4 is 0 Å². The first kappa shape index (κ1) is 7.70. The van der Waals surface area contributed by atoms with Gasteiger partial charge in [0.2, 0.25) is 6.04 Å². The zero-order valence-electron chi connectivity index (χ0n) is 6.29. The Morgan fingerprint density at radius 2 is 2.17 bits per heavy atom. The molecule has 2 heterocycles. The van der Waals surface area contributed by atoms with Crippen molar-refractivity contribution in [1.29, 1.82) is 0 Å². The Bertz CT molecular complexity index is 240. The van der Waals surface area contributed by atoms with E-state index in [0.717, 1.165) is 0 Å². The van der Waals surface area contributed by atoms with Crippen LogP contribution in [0, 0.1) is 16.0 Å². The van der Waals surface area contributed by atoms with Crippen molar-refractivity contribution in [2.24, 2.45) is 5.92 Å². The van der Waals surface area contributed by atoms with Crippen LogP contribution in [0.3, 0.4) is 0 Å². The predicted molar refractivity (Wildman–Crippen MR) is 39.2 cm³/mol. The van der Waals surface area contributed by atoms with E-state index in [1.54, 1.807) is 12.2 Å². The molecule has 2 aliphatic rings. The molecule has 1 N–H and O–H groups in total. The zero-order valence-corrected chi connectivity index (χ0v) is 6.29. The summed E-state index contributed by atoms with van der Waals surface area (Å²) in [5, 5.41) is 19.4. The maximum atomic E-state index is 10.5. The molecule has 1 fully saturated rings. The van der Waals surface area contributed by atoms with Crippen LogP contribution in [0.1, 0.15) is 0 Å². The fourth-order valence-electron chi connectivity index (χ4n) is 1.86. The van der Waals surface area contributed by atoms with Crippen LogP contribution in [-0.4, -0.2) is 34.9 Å². The number of aliphatic hydroxyl groups excluding tert-OH is 1. The van der Waals surface area contributed by atoms with Gasteiger partial charge in [0.15, 0.2) is 0 Å². The summed E-state index contributed by atoms with van der Waals surface area (Å²) in [6.07, 6.45) is 2.80. The number of hydrogen-bond acceptors (Lipinski definition) is 4. The zero-order chi connectivity index (χ0) is 8.72. The van der Waals surface area contributed by atoms with Crippen molar-refractivity contribution in [1.82, 2.24) is 0 Å². The number of fused-ring (bicyclic) bond motifs is 2. The molecule has 0 aromatic heterocycles. The molecule has 0 spiro atoms. The van der Waals surface area contributed by atoms with Gasteiger partial charge in [-0.15, -0.1) is 0 Å². The van der Waals surface area contributed by atoms with Crippen LogP contribution in [0.4, 0.5) is 0 Å². The Kier molecular flexibility index (Phi) is 1.62. The van der Waals surface area contributed by atoms with Crippen molar-refractivity contribution in [3.63, 3.8) is 0 Å². The van der Waals surface area contributed by atoms with E-state index in [1.165, 1.54) is 0 Å². The maximum Gasteiger partial charge on any atom is 0.250 e. The molecule has 12 heavy (non-hydrogen) atoms. The third-order valence-electron chi connectivity index (χ3n) is 2.46. The molecule has 0 aliphatic carbocycles. The molecule has 0 saturated carbocycles. The second kappa shape index (κ2) is 2.53. The predicted octanol–water partition coefficient (Wildman–Crippen LogP) is -0.423. The van der Waals surface area contributed by atoms with Crippen molar-refractivity contribution >= 4 is 0 Å². The molecule has 0 unspecified atom stereocenters. The van der Waals surface area contributed by atoms with E-state index in [9.17, 15) is 10.1 Å². The molecule has 66 valence electrons. The highest BCUT2D eigenvalue weighted by molar-refractivity contribution is 5.15. The number of hydrogen-bond donors (Lipinski definition) is 1. The van der Waals surface area contributed by atoms with Crippen molar-refractivity contribution in [2.45, 2.75) is 18.2 Å². The molecule has 4 atom stereocenters. The van der Waals surface area contributed by atoms with Gasteiger partial charge in [-0.2, -0.15) is 0 Å². The molecule has 2 rings (SSSR count). The van der Waals surface area contributed by atoms with Crippen LogP contribution in [-0.2, 0) is 4.74 Å². The smallest absolute Gasteiger partial charge is 0.250 e. The van der Waals surface area contributed by atoms with E-state index in [2.05, 4.69) is 0 Å². The largest absolute Gasteiger partial charge is 0.396 e. The first-order valence-corrected chi connectivity index (χ1v) is 3.82. The summed E-state index contributed by atoms with van der Waals surface area (Å²) >= 11 is 0. The fourth-order valence-corrected chi connectivity index (χ4v) is 1.86. The number of rotatable bonds is 2. The van der Waals surface area contributed by atoms with Gasteiger partial charge in [0.05, 0.1) is 18.6 Å². The highest BCUT2D eigenvalue weighted by Gasteiger charge is 2.52. The number of aliphatic hydroxyl groups is 1. The van der Waals surface area contributed by atoms with Crippen LogP contribution in [0.25, 0.3) is 0 Å². The monoisotopic (exact) mass is 171 g/mol. The van der Waals surface area contributed by atoms with E-state index in [4.69, 9.17) is 9.84 Å². The Hall–Kier alpha value is -0.940. The maximum absolute atomic E-state index is 10.5. The summed E-state index contributed by atoms with van der Waals surface area (Å²) < 4.78 is 5.24. The lowest BCUT2D eigenvalue weighted by molar-refractivity contribution is -0.533. The molecule has 2 aliphatic heterocycles. The molecule has 5 nitrogen and oxygen atoms in total. The quantitative estimate of drug-likeness (QED) is 0.348. The first-order chi connectivity index (χ1) is 5.74. The summed E-state index contributed by atoms with van der Waals surface area (Å²) in [5.74, 6) is -0.366. The van der Waals surface area contributed by atoms with E-state index >= 15 is 0 Å². The standard InChI is InChI=1S/C7H9NO4/c9-3-4-5-1-2-6(12-5)7(4)8(10)11/h1-2,4-7,9H,3H2/t4-,5+,6-,7-/m1/s1. The summed E-state index contributed by atoms with van der Waals surface area (Å²) in [5.41, 5.74) is 0. The van der Waals surface area contributed by atoms with Gasteiger partial charge in [-0.3, -0.25) is 10.1 Å². The fraction of sp³-hybridized carbons (Fsp3) is 0.714. The molecule has 5 heteroatoms. The Morgan fingerprint density at radius 1 is 1.50 bits per heavy atom. The SMILES string of the molecule is O=[N+]([O-])[C@@H]1[C@H](CO)[C@@H]2C=C[C@H]1O2. The number of nitrogens with zero attached hydrogens (tertiary/aromatic N) is 1. The second-order valence-corrected chi connectivity index (χ2v) is 3.07. The minimum absolute atomic E-state index is 0.183. The van der Waals surface area contributed by atoms with Gasteiger partial charge in [0.25, 0.3) is 0 Å². The van der Waals surface area contributed by atoms with E-state index in [0.29, 0.717) is 0 Å². The first-order valence-electron chi connectivity index (χ1n) is 3.82. The average molecular weight is 171 g/mol. The number of nitro groups is 1. The second-order valence-electron chi connectivity index (χ2n) is 3.07. The van der Waals surface area contributed by atoms with Gasteiger partial charge >= 0.3 is 0 Å². The van der Waals surface area contributed by atoms with Crippen molar-refractivity contribution in [2.75, 3.05) is 6.61 Å². The minimum atomic E-state index is -0.759. The molecular formula is C7H9NO4. The van der Waals surface area contributed by atoms with Gasteiger partial charge in [0, 0.05) is 4.92 Å². The molecule has 0 aromatic rings. The highest BCUT2D eigenvalue weighted by atomic mass is 16.6. The van der Waals surface area contributed by atoms with E-state index in [-0.39, 0.29) is 23.6 Å². The summed E-state index contributed by atoms with van der Waals surface area (Å²) in [4.78, 5) is 10.2. The van der Waals surface area contributed by atoms with Crippen LogP contribution in [0.5, 0.6) is 0 Å². The van der Waals surface area contributed by atoms with Crippen LogP contribution >= 0.6 is 0 Å². The molecule has 1 saturated heterocycles. The normalized spacial score (nSPS) is 43.8. The molecule has 0 amide bonds. The van der Waals surface area contributed by atoms with E-state index in [1.807, 2.05) is 0 Å². The third kappa shape index (κ3) is 0.867. The minimum Gasteiger partial charge on any atom is -0.396 e. The third-order valence-corrected chi connectivity index (χ3v) is 2.46. The summed E-state index contributed by atoms with van der Waals surface area (Å²) in [7, 11) is 0. The van der Waals surface area contributed by atoms with Gasteiger partial charge in [-0.1, -0.05) is 12.2 Å². The molecule has 2 bridgehead atoms. The van der Waals surface area contributed by atoms with Gasteiger partial charge in [-0.05, 0) is 0 Å². The highest BCUT2D eigenvalue weighted by Crippen LogP contribution is 2.35. The summed E-state index contributed by atoms with van der Waals surface area (Å²) in [6.45, 7) is -0.183. The van der Waals surface area contributed by atoms with Crippen molar-refractivity contribution in [3.8, 4) is 0 Å². The lowest BCUT2D eigenvalue weighted by Crippen LogP contribution is -2.38. The lowest BCUT2D eigenvalue weighted by atomic mass is 9.90. The van der Waals surface area contributed by atoms with Gasteiger partial charge < -0.3 is 9.84 Å². The Labute approximate surface area is 68.8 Å². The topological polar surface area (TPSA) is 72.6 Å². The van der Waals surface area contributed by atoms with Crippen LogP contribution in [0.15, 0.2) is 12.2 Å². The van der Waals surface area contributed by atoms with Gasteiger partial charge in [0.1, 0.15) is 6.10 Å². The molecule has 0 radical (unpaired) electrons. The van der Waals surface area contributed by atoms with Crippen molar-refractivity contribution < 1.29 is 14.8 Å². The van der Waals surface area contributed by atoms with E-state index < -0.39 is 12.1 Å². The van der Waals surface area contributed by atoms with Gasteiger partial charge in [-0.25, -0.2) is 0 Å². The lowest BCUT2D eigenvalue weighted by Gasteiger charge is -2.15. The summed E-state index contributed by atoms with van der Waals surface area (Å²) in [6, 6.07) is -0.759. The average Bonchev–Trinajstić information content (AvgIpc) is 2.60.